The van der Waals surface area contributed by atoms with Crippen molar-refractivity contribution in [3.05, 3.63) is 54.9 Å². The number of carbonyl (C=O) groups excluding carboxylic acids is 1. The molecule has 4 heterocycles. The van der Waals surface area contributed by atoms with Gasteiger partial charge in [0.05, 0.1) is 5.92 Å². The van der Waals surface area contributed by atoms with E-state index < -0.39 is 0 Å². The molecule has 8 heteroatoms. The van der Waals surface area contributed by atoms with Crippen LogP contribution in [0.1, 0.15) is 12.5 Å². The molecule has 0 spiro atoms. The first-order valence-electron chi connectivity index (χ1n) is 9.03. The summed E-state index contributed by atoms with van der Waals surface area (Å²) in [7, 11) is 0. The third kappa shape index (κ3) is 2.64. The topological polar surface area (TPSA) is 80.0 Å². The fourth-order valence-corrected chi connectivity index (χ4v) is 3.88. The van der Waals surface area contributed by atoms with E-state index in [1.54, 1.807) is 11.0 Å². The third-order valence-corrected chi connectivity index (χ3v) is 5.29. The first-order chi connectivity index (χ1) is 13.2. The first kappa shape index (κ1) is 15.9. The van der Waals surface area contributed by atoms with E-state index in [4.69, 9.17) is 0 Å². The number of anilines is 2. The van der Waals surface area contributed by atoms with Crippen LogP contribution in [0.5, 0.6) is 0 Å². The summed E-state index contributed by atoms with van der Waals surface area (Å²) in [4.78, 5) is 29.6. The molecule has 0 aliphatic carbocycles. The zero-order chi connectivity index (χ0) is 18.4. The maximum atomic E-state index is 13.1. The molecule has 1 saturated heterocycles. The van der Waals surface area contributed by atoms with E-state index in [0.717, 1.165) is 17.9 Å². The van der Waals surface area contributed by atoms with Crippen LogP contribution in [-0.2, 0) is 11.2 Å². The van der Waals surface area contributed by atoms with E-state index in [9.17, 15) is 4.79 Å². The predicted molar refractivity (Wildman–Crippen MR) is 99.7 cm³/mol. The highest BCUT2D eigenvalue weighted by molar-refractivity contribution is 5.99. The van der Waals surface area contributed by atoms with Gasteiger partial charge in [-0.05, 0) is 25.0 Å². The normalized spacial score (nSPS) is 19.1. The fraction of sp³-hybridized carbons (Fsp3) is 0.316. The molecule has 1 unspecified atom stereocenters. The van der Waals surface area contributed by atoms with Crippen LogP contribution in [0.4, 0.5) is 11.5 Å². The Morgan fingerprint density at radius 2 is 1.93 bits per heavy atom. The van der Waals surface area contributed by atoms with E-state index in [1.807, 2.05) is 29.2 Å². The molecule has 27 heavy (non-hydrogen) atoms. The van der Waals surface area contributed by atoms with Gasteiger partial charge in [0.25, 0.3) is 0 Å². The molecule has 5 rings (SSSR count). The Morgan fingerprint density at radius 1 is 1.11 bits per heavy atom. The molecule has 1 atom stereocenters. The summed E-state index contributed by atoms with van der Waals surface area (Å²) in [5, 5.41) is 4.09. The van der Waals surface area contributed by atoms with E-state index in [-0.39, 0.29) is 17.9 Å². The quantitative estimate of drug-likeness (QED) is 0.703. The second-order valence-corrected chi connectivity index (χ2v) is 7.07. The molecule has 1 aromatic carbocycles. The largest absolute Gasteiger partial charge is 0.355 e. The summed E-state index contributed by atoms with van der Waals surface area (Å²) in [5.41, 5.74) is 2.31. The van der Waals surface area contributed by atoms with Gasteiger partial charge in [0.15, 0.2) is 5.82 Å². The standard InChI is InChI=1S/C19H19N7O/c1-13-6-14-4-2-3-5-16(14)26(13)19(27)15-8-24(9-15)17-7-18(22-11-21-17)25-12-20-10-23-25/h2-5,7,10-13,15H,6,8-9H2,1H3. The zero-order valence-electron chi connectivity index (χ0n) is 14.9. The number of amides is 1. The molecule has 1 amide bonds. The minimum atomic E-state index is -0.0107. The van der Waals surface area contributed by atoms with Crippen LogP contribution < -0.4 is 9.80 Å². The monoisotopic (exact) mass is 361 g/mol. The lowest BCUT2D eigenvalue weighted by Gasteiger charge is -2.41. The highest BCUT2D eigenvalue weighted by Crippen LogP contribution is 2.35. The molecular weight excluding hydrogens is 342 g/mol. The number of rotatable bonds is 3. The maximum absolute atomic E-state index is 13.1. The zero-order valence-corrected chi connectivity index (χ0v) is 14.9. The van der Waals surface area contributed by atoms with Crippen LogP contribution in [0, 0.1) is 5.92 Å². The smallest absolute Gasteiger partial charge is 0.233 e. The first-order valence-corrected chi connectivity index (χ1v) is 9.03. The lowest BCUT2D eigenvalue weighted by molar-refractivity contribution is -0.123. The van der Waals surface area contributed by atoms with Crippen molar-refractivity contribution in [3.8, 4) is 5.82 Å². The number of benzene rings is 1. The highest BCUT2D eigenvalue weighted by Gasteiger charge is 2.40. The molecule has 3 aromatic rings. The molecule has 8 nitrogen and oxygen atoms in total. The molecule has 2 aromatic heterocycles. The van der Waals surface area contributed by atoms with Gasteiger partial charge >= 0.3 is 0 Å². The second kappa shape index (κ2) is 6.15. The molecule has 136 valence electrons. The summed E-state index contributed by atoms with van der Waals surface area (Å²) in [6.45, 7) is 3.44. The summed E-state index contributed by atoms with van der Waals surface area (Å²) in [5.74, 6) is 1.65. The molecule has 2 aliphatic heterocycles. The van der Waals surface area contributed by atoms with Gasteiger partial charge in [-0.25, -0.2) is 19.6 Å². The van der Waals surface area contributed by atoms with Crippen LogP contribution in [0.2, 0.25) is 0 Å². The van der Waals surface area contributed by atoms with E-state index >= 15 is 0 Å². The Hall–Kier alpha value is -3.29. The molecule has 0 radical (unpaired) electrons. The average molecular weight is 361 g/mol. The van der Waals surface area contributed by atoms with Crippen LogP contribution in [-0.4, -0.2) is 49.8 Å². The number of hydrogen-bond donors (Lipinski definition) is 0. The summed E-state index contributed by atoms with van der Waals surface area (Å²) in [6.07, 6.45) is 5.50. The molecule has 2 aliphatic rings. The van der Waals surface area contributed by atoms with Gasteiger partial charge in [0.1, 0.15) is 24.8 Å². The Bertz CT molecular complexity index is 981. The van der Waals surface area contributed by atoms with E-state index in [0.29, 0.717) is 18.9 Å². The van der Waals surface area contributed by atoms with Gasteiger partial charge in [-0.2, -0.15) is 5.10 Å². The van der Waals surface area contributed by atoms with Crippen molar-refractivity contribution >= 4 is 17.4 Å². The maximum Gasteiger partial charge on any atom is 0.233 e. The van der Waals surface area contributed by atoms with Gasteiger partial charge in [-0.3, -0.25) is 4.79 Å². The van der Waals surface area contributed by atoms with Gasteiger partial charge in [-0.1, -0.05) is 18.2 Å². The van der Waals surface area contributed by atoms with Crippen molar-refractivity contribution < 1.29 is 4.79 Å². The molecular formula is C19H19N7O. The van der Waals surface area contributed by atoms with E-state index in [1.165, 1.54) is 18.2 Å². The second-order valence-electron chi connectivity index (χ2n) is 7.07. The fourth-order valence-electron chi connectivity index (χ4n) is 3.88. The summed E-state index contributed by atoms with van der Waals surface area (Å²) in [6, 6.07) is 10.3. The Labute approximate surface area is 156 Å². The summed E-state index contributed by atoms with van der Waals surface area (Å²) >= 11 is 0. The highest BCUT2D eigenvalue weighted by atomic mass is 16.2. The van der Waals surface area contributed by atoms with Crippen LogP contribution in [0.15, 0.2) is 49.3 Å². The van der Waals surface area contributed by atoms with Crippen molar-refractivity contribution in [3.63, 3.8) is 0 Å². The van der Waals surface area contributed by atoms with E-state index in [2.05, 4.69) is 37.9 Å². The van der Waals surface area contributed by atoms with Gasteiger partial charge in [0, 0.05) is 30.9 Å². The minimum Gasteiger partial charge on any atom is -0.355 e. The van der Waals surface area contributed by atoms with Crippen molar-refractivity contribution in [2.24, 2.45) is 5.92 Å². The number of nitrogens with zero attached hydrogens (tertiary/aromatic N) is 7. The number of hydrogen-bond acceptors (Lipinski definition) is 6. The van der Waals surface area contributed by atoms with Gasteiger partial charge in [0.2, 0.25) is 5.91 Å². The van der Waals surface area contributed by atoms with Crippen LogP contribution in [0.3, 0.4) is 0 Å². The number of carbonyl (C=O) groups is 1. The SMILES string of the molecule is CC1Cc2ccccc2N1C(=O)C1CN(c2cc(-n3cncn3)ncn2)C1. The lowest BCUT2D eigenvalue weighted by atomic mass is 9.98. The van der Waals surface area contributed by atoms with Crippen LogP contribution in [0.25, 0.3) is 5.82 Å². The van der Waals surface area contributed by atoms with Crippen molar-refractivity contribution in [1.29, 1.82) is 0 Å². The average Bonchev–Trinajstić information content (AvgIpc) is 3.27. The number of fused-ring (bicyclic) bond motifs is 1. The molecule has 0 N–H and O–H groups in total. The summed E-state index contributed by atoms with van der Waals surface area (Å²) < 4.78 is 1.59. The third-order valence-electron chi connectivity index (χ3n) is 5.29. The van der Waals surface area contributed by atoms with Crippen molar-refractivity contribution in [2.75, 3.05) is 22.9 Å². The minimum absolute atomic E-state index is 0.0107. The molecule has 0 saturated carbocycles. The lowest BCUT2D eigenvalue weighted by Crippen LogP contribution is -2.56. The van der Waals surface area contributed by atoms with Gasteiger partial charge in [-0.15, -0.1) is 0 Å². The Balaban J connectivity index is 1.30. The predicted octanol–water partition coefficient (Wildman–Crippen LogP) is 1.47. The van der Waals surface area contributed by atoms with Crippen molar-refractivity contribution in [1.82, 2.24) is 24.7 Å². The number of para-hydroxylation sites is 1. The van der Waals surface area contributed by atoms with Crippen LogP contribution >= 0.6 is 0 Å². The molecule has 1 fully saturated rings. The van der Waals surface area contributed by atoms with Crippen molar-refractivity contribution in [2.45, 2.75) is 19.4 Å². The Kier molecular flexibility index (Phi) is 3.63. The Morgan fingerprint density at radius 3 is 2.74 bits per heavy atom. The molecule has 0 bridgehead atoms. The van der Waals surface area contributed by atoms with Gasteiger partial charge < -0.3 is 9.80 Å². The number of aromatic nitrogens is 5.